The molecule has 0 aliphatic carbocycles. The minimum Gasteiger partial charge on any atom is -0.478 e. The molecule has 3 aromatic carbocycles. The fourth-order valence-corrected chi connectivity index (χ4v) is 7.74. The van der Waals surface area contributed by atoms with Crippen LogP contribution in [0.1, 0.15) is 39.1 Å². The van der Waals surface area contributed by atoms with E-state index in [9.17, 15) is 27.9 Å². The summed E-state index contributed by atoms with van der Waals surface area (Å²) in [5.74, 6) is -2.16. The normalized spacial score (nSPS) is 22.4. The van der Waals surface area contributed by atoms with Crippen LogP contribution in [0.2, 0.25) is 10.0 Å². The van der Waals surface area contributed by atoms with Gasteiger partial charge in [0.2, 0.25) is 0 Å². The van der Waals surface area contributed by atoms with E-state index in [1.54, 1.807) is 24.3 Å². The largest absolute Gasteiger partial charge is 0.478 e. The fraction of sp³-hybridized carbons (Fsp3) is 0.394. The van der Waals surface area contributed by atoms with Crippen molar-refractivity contribution in [3.05, 3.63) is 75.0 Å². The van der Waals surface area contributed by atoms with Crippen LogP contribution in [0, 0.1) is 5.82 Å². The monoisotopic (exact) mass is 708 g/mol. The van der Waals surface area contributed by atoms with E-state index in [4.69, 9.17) is 32.7 Å². The zero-order chi connectivity index (χ0) is 33.9. The smallest absolute Gasteiger partial charge is 0.405 e. The van der Waals surface area contributed by atoms with Crippen molar-refractivity contribution >= 4 is 46.5 Å². The number of carboxylic acid groups (broad SMARTS) is 1. The molecule has 15 heteroatoms. The number of nitrogens with one attached hydrogen (secondary N) is 1. The number of hydrogen-bond acceptors (Lipinski definition) is 7. The Kier molecular flexibility index (Phi) is 8.59. The van der Waals surface area contributed by atoms with E-state index in [0.717, 1.165) is 18.9 Å². The Hall–Kier alpha value is -3.78. The Labute approximate surface area is 282 Å². The van der Waals surface area contributed by atoms with E-state index >= 15 is 4.39 Å². The average Bonchev–Trinajstić information content (AvgIpc) is 3.30. The number of fused-ring (bicyclic) bond motifs is 3. The van der Waals surface area contributed by atoms with Gasteiger partial charge in [-0.3, -0.25) is 4.79 Å². The standard InChI is InChI=1S/C33H30Cl2F4N4O5/c34-24-8-20(41-7-6-40-28(13-41)33(37,38)39)9-25(35)29(24)31(44)42-12-17-2-1-3-21(30(17)48-16-42)22-11-27(23(32(45)46)10-26(22)36)43-18-4-5-19(43)15-47-14-18/h1-3,8-11,18-19,28,40H,4-7,12-16H2,(H,45,46). The number of hydrogen-bond donors (Lipinski definition) is 2. The quantitative estimate of drug-likeness (QED) is 0.303. The SMILES string of the molecule is O=C(O)c1cc(F)c(-c2cccc3c2OCN(C(=O)c2c(Cl)cc(N4CCNC(C(F)(F)F)C4)cc2Cl)C3)cc1N1C2CCC1COC2. The van der Waals surface area contributed by atoms with Crippen molar-refractivity contribution in [2.24, 2.45) is 0 Å². The second kappa shape index (κ2) is 12.6. The number of aromatic carboxylic acids is 1. The van der Waals surface area contributed by atoms with Crippen LogP contribution in [-0.4, -0.2) is 85.8 Å². The van der Waals surface area contributed by atoms with Gasteiger partial charge < -0.3 is 34.6 Å². The molecule has 9 nitrogen and oxygen atoms in total. The molecule has 3 aromatic rings. The highest BCUT2D eigenvalue weighted by atomic mass is 35.5. The molecule has 2 N–H and O–H groups in total. The van der Waals surface area contributed by atoms with Crippen LogP contribution in [0.4, 0.5) is 28.9 Å². The van der Waals surface area contributed by atoms with E-state index in [2.05, 4.69) is 5.32 Å². The van der Waals surface area contributed by atoms with Gasteiger partial charge in [0.25, 0.3) is 5.91 Å². The van der Waals surface area contributed by atoms with Gasteiger partial charge in [-0.2, -0.15) is 13.2 Å². The summed E-state index contributed by atoms with van der Waals surface area (Å²) in [6.45, 7) is 0.823. The maximum Gasteiger partial charge on any atom is 0.405 e. The van der Waals surface area contributed by atoms with Crippen molar-refractivity contribution in [1.29, 1.82) is 0 Å². The van der Waals surface area contributed by atoms with E-state index in [1.807, 2.05) is 4.90 Å². The van der Waals surface area contributed by atoms with Crippen LogP contribution in [0.3, 0.4) is 0 Å². The summed E-state index contributed by atoms with van der Waals surface area (Å²) in [7, 11) is 0. The highest BCUT2D eigenvalue weighted by Crippen LogP contribution is 2.43. The summed E-state index contributed by atoms with van der Waals surface area (Å²) in [6.07, 6.45) is -2.74. The van der Waals surface area contributed by atoms with Crippen LogP contribution in [-0.2, 0) is 11.3 Å². The molecule has 254 valence electrons. The first-order valence-electron chi connectivity index (χ1n) is 15.4. The molecule has 3 atom stereocenters. The third kappa shape index (κ3) is 5.90. The van der Waals surface area contributed by atoms with Gasteiger partial charge in [-0.25, -0.2) is 9.18 Å². The highest BCUT2D eigenvalue weighted by Gasteiger charge is 2.43. The summed E-state index contributed by atoms with van der Waals surface area (Å²) < 4.78 is 67.4. The van der Waals surface area contributed by atoms with Crippen molar-refractivity contribution in [3.8, 4) is 16.9 Å². The second-order valence-electron chi connectivity index (χ2n) is 12.3. The van der Waals surface area contributed by atoms with Crippen molar-refractivity contribution in [2.75, 3.05) is 49.4 Å². The third-order valence-corrected chi connectivity index (χ3v) is 10.0. The lowest BCUT2D eigenvalue weighted by Crippen LogP contribution is -2.57. The molecule has 0 radical (unpaired) electrons. The number of nitrogens with zero attached hydrogens (tertiary/aromatic N) is 3. The first-order valence-corrected chi connectivity index (χ1v) is 16.2. The number of alkyl halides is 3. The average molecular weight is 710 g/mol. The number of benzene rings is 3. The first-order chi connectivity index (χ1) is 22.9. The molecule has 4 aliphatic rings. The number of piperazine rings is 1. The molecule has 0 spiro atoms. The van der Waals surface area contributed by atoms with Gasteiger partial charge in [0.15, 0.2) is 6.73 Å². The Bertz CT molecular complexity index is 1750. The second-order valence-corrected chi connectivity index (χ2v) is 13.1. The van der Waals surface area contributed by atoms with E-state index in [1.165, 1.54) is 21.9 Å². The number of halogens is 6. The zero-order valence-corrected chi connectivity index (χ0v) is 26.8. The molecule has 4 heterocycles. The number of rotatable bonds is 5. The number of ether oxygens (including phenoxy) is 2. The van der Waals surface area contributed by atoms with Gasteiger partial charge in [-0.15, -0.1) is 0 Å². The molecule has 0 saturated carbocycles. The number of para-hydroxylation sites is 1. The zero-order valence-electron chi connectivity index (χ0n) is 25.3. The van der Waals surface area contributed by atoms with Gasteiger partial charge in [0.05, 0.1) is 58.7 Å². The molecule has 3 saturated heterocycles. The van der Waals surface area contributed by atoms with Gasteiger partial charge in [-0.1, -0.05) is 41.4 Å². The summed E-state index contributed by atoms with van der Waals surface area (Å²) in [5.41, 5.74) is 1.78. The number of carboxylic acids is 1. The molecular weight excluding hydrogens is 679 g/mol. The highest BCUT2D eigenvalue weighted by molar-refractivity contribution is 6.40. The lowest BCUT2D eigenvalue weighted by molar-refractivity contribution is -0.155. The van der Waals surface area contributed by atoms with Crippen LogP contribution >= 0.6 is 23.2 Å². The number of morpholine rings is 1. The Morgan fingerprint density at radius 2 is 1.71 bits per heavy atom. The predicted molar refractivity (Wildman–Crippen MR) is 171 cm³/mol. The Morgan fingerprint density at radius 1 is 1.00 bits per heavy atom. The number of carbonyl (C=O) groups excluding carboxylic acids is 1. The molecule has 7 rings (SSSR count). The number of carbonyl (C=O) groups is 2. The summed E-state index contributed by atoms with van der Waals surface area (Å²) >= 11 is 13.0. The lowest BCUT2D eigenvalue weighted by Gasteiger charge is -2.37. The van der Waals surface area contributed by atoms with Crippen LogP contribution in [0.25, 0.3) is 11.1 Å². The van der Waals surface area contributed by atoms with E-state index in [-0.39, 0.29) is 65.2 Å². The number of anilines is 2. The Balaban J connectivity index is 1.15. The van der Waals surface area contributed by atoms with Crippen LogP contribution in [0.15, 0.2) is 42.5 Å². The minimum absolute atomic E-state index is 0.0120. The molecule has 48 heavy (non-hydrogen) atoms. The third-order valence-electron chi connectivity index (χ3n) is 9.41. The van der Waals surface area contributed by atoms with E-state index < -0.39 is 29.9 Å². The van der Waals surface area contributed by atoms with Crippen LogP contribution in [0.5, 0.6) is 5.75 Å². The van der Waals surface area contributed by atoms with Gasteiger partial charge in [0.1, 0.15) is 17.6 Å². The molecule has 2 bridgehead atoms. The van der Waals surface area contributed by atoms with Crippen LogP contribution < -0.4 is 19.9 Å². The van der Waals surface area contributed by atoms with Crippen molar-refractivity contribution < 1.29 is 41.7 Å². The van der Waals surface area contributed by atoms with Crippen molar-refractivity contribution in [2.45, 2.75) is 43.7 Å². The maximum atomic E-state index is 15.7. The lowest BCUT2D eigenvalue weighted by atomic mass is 9.96. The summed E-state index contributed by atoms with van der Waals surface area (Å²) in [4.78, 5) is 30.8. The molecule has 4 aliphatic heterocycles. The predicted octanol–water partition coefficient (Wildman–Crippen LogP) is 6.20. The van der Waals surface area contributed by atoms with E-state index in [0.29, 0.717) is 48.0 Å². The first kappa shape index (κ1) is 32.8. The topological polar surface area (TPSA) is 94.6 Å². The molecule has 0 aromatic heterocycles. The number of amides is 1. The Morgan fingerprint density at radius 3 is 2.38 bits per heavy atom. The molecule has 1 amide bonds. The summed E-state index contributed by atoms with van der Waals surface area (Å²) in [6, 6.07) is 8.83. The molecule has 3 unspecified atom stereocenters. The van der Waals surface area contributed by atoms with Crippen molar-refractivity contribution in [1.82, 2.24) is 10.2 Å². The van der Waals surface area contributed by atoms with Gasteiger partial charge in [0, 0.05) is 42.0 Å². The van der Waals surface area contributed by atoms with Gasteiger partial charge in [-0.05, 0) is 37.1 Å². The fourth-order valence-electron chi connectivity index (χ4n) is 7.10. The van der Waals surface area contributed by atoms with Crippen molar-refractivity contribution in [3.63, 3.8) is 0 Å². The maximum absolute atomic E-state index is 15.7. The van der Waals surface area contributed by atoms with Gasteiger partial charge >= 0.3 is 12.1 Å². The summed E-state index contributed by atoms with van der Waals surface area (Å²) in [5, 5.41) is 12.4. The molecule has 3 fully saturated rings. The molecular formula is C33H30Cl2F4N4O5. The minimum atomic E-state index is -4.43.